The molecule has 2 aromatic rings. The van der Waals surface area contributed by atoms with Crippen LogP contribution >= 0.6 is 11.6 Å². The zero-order valence-corrected chi connectivity index (χ0v) is 18.9. The van der Waals surface area contributed by atoms with Crippen LogP contribution in [-0.2, 0) is 30.1 Å². The molecule has 2 fully saturated rings. The first-order chi connectivity index (χ1) is 15.2. The van der Waals surface area contributed by atoms with Gasteiger partial charge in [0.05, 0.1) is 24.3 Å². The molecule has 1 atom stereocenters. The summed E-state index contributed by atoms with van der Waals surface area (Å²) in [6.07, 6.45) is 3.58. The highest BCUT2D eigenvalue weighted by Gasteiger charge is 2.52. The molecule has 0 bridgehead atoms. The molecule has 0 amide bonds. The lowest BCUT2D eigenvalue weighted by Gasteiger charge is -2.48. The van der Waals surface area contributed by atoms with Crippen LogP contribution in [0.5, 0.6) is 0 Å². The second kappa shape index (κ2) is 6.84. The first kappa shape index (κ1) is 20.7. The van der Waals surface area contributed by atoms with E-state index >= 15 is 0 Å². The van der Waals surface area contributed by atoms with Crippen molar-refractivity contribution in [2.75, 3.05) is 29.9 Å². The number of fused-ring (bicyclic) bond motifs is 2. The average Bonchev–Trinajstić information content (AvgIpc) is 3.18. The van der Waals surface area contributed by atoms with E-state index in [0.717, 1.165) is 37.4 Å². The summed E-state index contributed by atoms with van der Waals surface area (Å²) >= 11 is 6.15. The van der Waals surface area contributed by atoms with E-state index in [1.807, 2.05) is 17.0 Å². The van der Waals surface area contributed by atoms with Gasteiger partial charge in [-0.1, -0.05) is 17.7 Å². The molecule has 2 aliphatic heterocycles. The largest absolute Gasteiger partial charge is 0.394 e. The molecule has 2 N–H and O–H groups in total. The van der Waals surface area contributed by atoms with Crippen molar-refractivity contribution in [3.05, 3.63) is 40.0 Å². The minimum absolute atomic E-state index is 0.0170. The maximum Gasteiger partial charge on any atom is 0.331 e. The first-order valence-electron chi connectivity index (χ1n) is 10.8. The zero-order valence-electron chi connectivity index (χ0n) is 17.3. The highest BCUT2D eigenvalue weighted by molar-refractivity contribution is 7.86. The van der Waals surface area contributed by atoms with Crippen LogP contribution in [0, 0.1) is 5.41 Å². The summed E-state index contributed by atoms with van der Waals surface area (Å²) in [5.74, 6) is 0.560. The molecule has 2 aliphatic carbocycles. The zero-order chi connectivity index (χ0) is 22.3. The van der Waals surface area contributed by atoms with Crippen LogP contribution in [0.1, 0.15) is 36.1 Å². The summed E-state index contributed by atoms with van der Waals surface area (Å²) in [5, 5.41) is 10.4. The van der Waals surface area contributed by atoms with Crippen molar-refractivity contribution in [2.45, 2.75) is 54.2 Å². The molecule has 4 aliphatic rings. The fraction of sp³-hybridized carbons (Fsp3) is 0.545. The Kier molecular flexibility index (Phi) is 4.43. The van der Waals surface area contributed by atoms with Gasteiger partial charge in [0.1, 0.15) is 21.5 Å². The number of alkyl halides is 2. The molecule has 1 saturated carbocycles. The number of aliphatic hydroxyl groups is 1. The van der Waals surface area contributed by atoms with Gasteiger partial charge in [0.2, 0.25) is 5.95 Å². The number of rotatable bonds is 4. The molecule has 1 aromatic heterocycles. The Hall–Kier alpha value is -1.84. The highest BCUT2D eigenvalue weighted by Crippen LogP contribution is 2.48. The van der Waals surface area contributed by atoms with Crippen molar-refractivity contribution in [2.24, 2.45) is 5.41 Å². The summed E-state index contributed by atoms with van der Waals surface area (Å²) in [5.41, 5.74) is 2.19. The van der Waals surface area contributed by atoms with E-state index in [-0.39, 0.29) is 28.4 Å². The van der Waals surface area contributed by atoms with Crippen LogP contribution in [0.25, 0.3) is 0 Å². The van der Waals surface area contributed by atoms with Crippen LogP contribution in [-0.4, -0.2) is 49.8 Å². The monoisotopic (exact) mass is 480 g/mol. The predicted octanol–water partition coefficient (Wildman–Crippen LogP) is 3.32. The minimum Gasteiger partial charge on any atom is -0.394 e. The quantitative estimate of drug-likeness (QED) is 0.699. The second-order valence-electron chi connectivity index (χ2n) is 9.77. The van der Waals surface area contributed by atoms with Crippen molar-refractivity contribution >= 4 is 34.2 Å². The van der Waals surface area contributed by atoms with Gasteiger partial charge in [-0.25, -0.2) is 9.19 Å². The molecular formula is C22H23ClF2N4O2S. The van der Waals surface area contributed by atoms with Crippen LogP contribution < -0.4 is 10.2 Å². The third-order valence-electron chi connectivity index (χ3n) is 7.39. The van der Waals surface area contributed by atoms with E-state index in [2.05, 4.69) is 21.4 Å². The Labute approximate surface area is 191 Å². The van der Waals surface area contributed by atoms with Gasteiger partial charge in [-0.3, -0.25) is 0 Å². The third kappa shape index (κ3) is 3.08. The Bertz CT molecular complexity index is 1150. The second-order valence-corrected chi connectivity index (χ2v) is 11.7. The molecule has 6 rings (SSSR count). The number of hydrogen-bond donors (Lipinski definition) is 2. The summed E-state index contributed by atoms with van der Waals surface area (Å²) in [6, 6.07) is 6.01. The summed E-state index contributed by atoms with van der Waals surface area (Å²) in [7, 11) is -2.51. The highest BCUT2D eigenvalue weighted by atomic mass is 35.5. The number of nitrogens with zero attached hydrogens (tertiary/aromatic N) is 3. The van der Waals surface area contributed by atoms with Crippen molar-refractivity contribution in [1.82, 2.24) is 9.97 Å². The summed E-state index contributed by atoms with van der Waals surface area (Å²) in [4.78, 5) is 11.0. The topological polar surface area (TPSA) is 78.4 Å². The third-order valence-corrected chi connectivity index (χ3v) is 9.11. The molecule has 1 aromatic carbocycles. The van der Waals surface area contributed by atoms with Crippen molar-refractivity contribution < 1.29 is 18.1 Å². The van der Waals surface area contributed by atoms with Gasteiger partial charge in [-0.15, -0.1) is 0 Å². The fourth-order valence-electron chi connectivity index (χ4n) is 5.54. The number of halogens is 3. The maximum atomic E-state index is 14.3. The van der Waals surface area contributed by atoms with Crippen molar-refractivity contribution in [1.29, 1.82) is 0 Å². The number of aromatic nitrogens is 2. The Morgan fingerprint density at radius 1 is 1.16 bits per heavy atom. The van der Waals surface area contributed by atoms with E-state index in [0.29, 0.717) is 18.8 Å². The molecule has 0 unspecified atom stereocenters. The fourth-order valence-corrected chi connectivity index (χ4v) is 6.91. The van der Waals surface area contributed by atoms with Gasteiger partial charge in [0.25, 0.3) is 0 Å². The first-order valence-corrected chi connectivity index (χ1v) is 12.4. The Morgan fingerprint density at radius 3 is 2.59 bits per heavy atom. The molecule has 170 valence electrons. The molecule has 10 heteroatoms. The van der Waals surface area contributed by atoms with Crippen molar-refractivity contribution in [3.8, 4) is 0 Å². The number of aliphatic hydroxyl groups excluding tert-OH is 1. The molecule has 3 heterocycles. The molecule has 6 nitrogen and oxygen atoms in total. The molecular weight excluding hydrogens is 458 g/mol. The average molecular weight is 481 g/mol. The van der Waals surface area contributed by atoms with Gasteiger partial charge in [-0.2, -0.15) is 13.8 Å². The summed E-state index contributed by atoms with van der Waals surface area (Å²) in [6.45, 7) is 1.32. The lowest BCUT2D eigenvalue weighted by Crippen LogP contribution is -2.58. The van der Waals surface area contributed by atoms with Crippen LogP contribution in [0.3, 0.4) is 0 Å². The number of nitrogens with one attached hydrogen (secondary N) is 1. The standard InChI is InChI=1S/C22H23ClF2N4O2S/c23-15-3-2-13-7-20(8-14(13)6-15)10-29(11-20)19-26-16-9-22(24,25)32(31)17(16)18(27-19)28-21(12-30)4-1-5-21/h2-3,6,30H,1,4-5,7-12H2,(H,26,27,28)/t32-/m1/s1. The number of hydrogen-bond acceptors (Lipinski definition) is 6. The van der Waals surface area contributed by atoms with Crippen LogP contribution in [0.4, 0.5) is 20.5 Å². The number of benzene rings is 1. The van der Waals surface area contributed by atoms with Gasteiger partial charge in [0.15, 0.2) is 0 Å². The van der Waals surface area contributed by atoms with E-state index in [9.17, 15) is 18.1 Å². The van der Waals surface area contributed by atoms with Gasteiger partial charge < -0.3 is 15.3 Å². The lowest BCUT2D eigenvalue weighted by atomic mass is 9.77. The van der Waals surface area contributed by atoms with Gasteiger partial charge in [-0.05, 0) is 55.4 Å². The number of anilines is 2. The van der Waals surface area contributed by atoms with Crippen molar-refractivity contribution in [3.63, 3.8) is 0 Å². The molecule has 1 saturated heterocycles. The minimum atomic E-state index is -3.36. The lowest BCUT2D eigenvalue weighted by molar-refractivity contribution is 0.104. The predicted molar refractivity (Wildman–Crippen MR) is 118 cm³/mol. The Morgan fingerprint density at radius 2 is 1.91 bits per heavy atom. The maximum absolute atomic E-state index is 14.3. The van der Waals surface area contributed by atoms with Crippen LogP contribution in [0.2, 0.25) is 5.02 Å². The van der Waals surface area contributed by atoms with E-state index in [1.54, 1.807) is 0 Å². The normalized spacial score (nSPS) is 25.8. The molecule has 32 heavy (non-hydrogen) atoms. The van der Waals surface area contributed by atoms with Crippen LogP contribution in [0.15, 0.2) is 23.1 Å². The van der Waals surface area contributed by atoms with E-state index in [1.165, 1.54) is 11.1 Å². The Balaban J connectivity index is 1.30. The van der Waals surface area contributed by atoms with Gasteiger partial charge >= 0.3 is 5.25 Å². The molecule has 0 radical (unpaired) electrons. The molecule has 1 spiro atoms. The summed E-state index contributed by atoms with van der Waals surface area (Å²) < 4.78 is 41.1. The van der Waals surface area contributed by atoms with E-state index < -0.39 is 28.0 Å². The smallest absolute Gasteiger partial charge is 0.331 e. The SMILES string of the molecule is O=[S@@]1c2c(nc(N3CC4(Cc5ccc(Cl)cc5C4)C3)nc2NC2(CO)CCC2)CC1(F)F. The van der Waals surface area contributed by atoms with Gasteiger partial charge in [0, 0.05) is 23.5 Å². The van der Waals surface area contributed by atoms with E-state index in [4.69, 9.17) is 11.6 Å².